The fourth-order valence-electron chi connectivity index (χ4n) is 7.24. The van der Waals surface area contributed by atoms with Crippen LogP contribution in [0.5, 0.6) is 5.75 Å². The summed E-state index contributed by atoms with van der Waals surface area (Å²) in [5.41, 5.74) is 8.29. The molecule has 1 saturated heterocycles. The number of fused-ring (bicyclic) bond motifs is 3. The second-order valence-corrected chi connectivity index (χ2v) is 13.8. The van der Waals surface area contributed by atoms with Gasteiger partial charge in [-0.2, -0.15) is 0 Å². The van der Waals surface area contributed by atoms with Gasteiger partial charge in [0.15, 0.2) is 0 Å². The van der Waals surface area contributed by atoms with Gasteiger partial charge in [0.05, 0.1) is 48.2 Å². The number of hydrogen-bond donors (Lipinski definition) is 2. The summed E-state index contributed by atoms with van der Waals surface area (Å²) in [5, 5.41) is 5.94. The lowest BCUT2D eigenvalue weighted by atomic mass is 9.90. The number of piperidine rings is 1. The molecule has 2 N–H and O–H groups in total. The Morgan fingerprint density at radius 1 is 1.04 bits per heavy atom. The third-order valence-electron chi connectivity index (χ3n) is 10.1. The van der Waals surface area contributed by atoms with Gasteiger partial charge < -0.3 is 19.4 Å². The average molecular weight is 724 g/mol. The van der Waals surface area contributed by atoms with Crippen LogP contribution in [0.2, 0.25) is 0 Å². The minimum Gasteiger partial charge on any atom is -0.489 e. The Morgan fingerprint density at radius 3 is 2.67 bits per heavy atom. The van der Waals surface area contributed by atoms with Gasteiger partial charge in [0.1, 0.15) is 29.3 Å². The molecule has 2 aromatic carbocycles. The molecule has 54 heavy (non-hydrogen) atoms. The highest BCUT2D eigenvalue weighted by molar-refractivity contribution is 6.03. The van der Waals surface area contributed by atoms with E-state index in [0.717, 1.165) is 44.5 Å². The van der Waals surface area contributed by atoms with E-state index in [0.29, 0.717) is 42.2 Å². The lowest BCUT2D eigenvalue weighted by Crippen LogP contribution is -2.39. The number of hydrogen-bond acceptors (Lipinski definition) is 9. The van der Waals surface area contributed by atoms with Crippen LogP contribution in [0.25, 0.3) is 33.3 Å². The number of furan rings is 1. The molecule has 1 fully saturated rings. The molecule has 1 atom stereocenters. The summed E-state index contributed by atoms with van der Waals surface area (Å²) in [4.78, 5) is 61.0. The minimum atomic E-state index is -0.467. The quantitative estimate of drug-likeness (QED) is 0.178. The van der Waals surface area contributed by atoms with Crippen molar-refractivity contribution < 1.29 is 23.5 Å². The number of carbonyl (C=O) groups excluding carboxylic acids is 3. The molecule has 0 bridgehead atoms. The number of amides is 3. The number of nitrogens with zero attached hydrogens (tertiary/aromatic N) is 5. The Bertz CT molecular complexity index is 2620. The number of carbonyl (C=O) groups is 3. The molecule has 4 aromatic heterocycles. The highest BCUT2D eigenvalue weighted by Crippen LogP contribution is 2.40. The zero-order chi connectivity index (χ0) is 37.7. The standard InChI is InChI=1S/C41H37N7O6/c1-23(2)28-17-26(18-33-38(28)47(4)41(52)46(33)3)48-14-15-53-36-19-32(44-21-34(36)48)25-8-10-31(43-20-25)40(51)42-13-5-6-24-7-11-35-29(16-24)30(22-54-35)27-9-12-37(49)45-39(27)50/h7-8,10-11,16-23,27H,9,12-15H2,1-4H3,(H,42,51)(H,45,49,50). The van der Waals surface area contributed by atoms with Crippen LogP contribution in [0, 0.1) is 11.8 Å². The maximum atomic E-state index is 12.9. The summed E-state index contributed by atoms with van der Waals surface area (Å²) in [7, 11) is 3.61. The summed E-state index contributed by atoms with van der Waals surface area (Å²) >= 11 is 0. The number of pyridine rings is 2. The largest absolute Gasteiger partial charge is 0.489 e. The number of nitrogens with one attached hydrogen (secondary N) is 2. The highest BCUT2D eigenvalue weighted by Gasteiger charge is 2.30. The molecule has 2 aliphatic rings. The fourth-order valence-corrected chi connectivity index (χ4v) is 7.24. The van der Waals surface area contributed by atoms with E-state index in [4.69, 9.17) is 14.1 Å². The number of anilines is 2. The summed E-state index contributed by atoms with van der Waals surface area (Å²) in [6, 6.07) is 15.0. The minimum absolute atomic E-state index is 0.0621. The van der Waals surface area contributed by atoms with Crippen molar-refractivity contribution in [3.05, 3.63) is 100 Å². The summed E-state index contributed by atoms with van der Waals surface area (Å²) < 4.78 is 15.1. The van der Waals surface area contributed by atoms with Crippen LogP contribution in [0.4, 0.5) is 11.4 Å². The van der Waals surface area contributed by atoms with Crippen LogP contribution < -0.4 is 26.0 Å². The molecule has 6 heterocycles. The molecule has 13 nitrogen and oxygen atoms in total. The third kappa shape index (κ3) is 6.15. The van der Waals surface area contributed by atoms with E-state index in [1.54, 1.807) is 53.0 Å². The van der Waals surface area contributed by atoms with Crippen LogP contribution in [0.1, 0.15) is 65.7 Å². The second kappa shape index (κ2) is 13.7. The van der Waals surface area contributed by atoms with E-state index in [9.17, 15) is 19.2 Å². The van der Waals surface area contributed by atoms with Crippen molar-refractivity contribution in [2.24, 2.45) is 14.1 Å². The number of rotatable bonds is 6. The topological polar surface area (TPSA) is 154 Å². The van der Waals surface area contributed by atoms with Gasteiger partial charge in [0.2, 0.25) is 11.8 Å². The Labute approximate surface area is 309 Å². The van der Waals surface area contributed by atoms with Gasteiger partial charge in [-0.3, -0.25) is 38.8 Å². The molecular formula is C41H37N7O6. The number of aryl methyl sites for hydroxylation is 2. The van der Waals surface area contributed by atoms with Crippen LogP contribution in [-0.2, 0) is 23.7 Å². The molecule has 0 aliphatic carbocycles. The maximum absolute atomic E-state index is 12.9. The summed E-state index contributed by atoms with van der Waals surface area (Å²) in [6.45, 7) is 5.45. The number of ether oxygens (including phenoxy) is 1. The first kappa shape index (κ1) is 34.4. The Hall–Kier alpha value is -6.68. The first-order valence-corrected chi connectivity index (χ1v) is 17.8. The van der Waals surface area contributed by atoms with E-state index in [1.807, 2.05) is 31.3 Å². The van der Waals surface area contributed by atoms with Crippen molar-refractivity contribution in [3.63, 3.8) is 0 Å². The van der Waals surface area contributed by atoms with Crippen molar-refractivity contribution in [3.8, 4) is 28.8 Å². The van der Waals surface area contributed by atoms with Crippen LogP contribution >= 0.6 is 0 Å². The van der Waals surface area contributed by atoms with Gasteiger partial charge in [-0.1, -0.05) is 25.7 Å². The Balaban J connectivity index is 0.946. The van der Waals surface area contributed by atoms with Gasteiger partial charge >= 0.3 is 5.69 Å². The number of imide groups is 1. The monoisotopic (exact) mass is 723 g/mol. The molecule has 0 saturated carbocycles. The fraction of sp³-hybridized carbons (Fsp3) is 0.268. The molecule has 0 radical (unpaired) electrons. The molecule has 3 amide bonds. The molecule has 13 heteroatoms. The predicted molar refractivity (Wildman–Crippen MR) is 203 cm³/mol. The van der Waals surface area contributed by atoms with E-state index in [1.165, 1.54) is 0 Å². The zero-order valence-electron chi connectivity index (χ0n) is 30.2. The van der Waals surface area contributed by atoms with Crippen LogP contribution in [-0.4, -0.2) is 56.5 Å². The second-order valence-electron chi connectivity index (χ2n) is 13.8. The zero-order valence-corrected chi connectivity index (χ0v) is 30.2. The third-order valence-corrected chi connectivity index (χ3v) is 10.1. The first-order chi connectivity index (χ1) is 26.1. The Kier molecular flexibility index (Phi) is 8.73. The maximum Gasteiger partial charge on any atom is 0.328 e. The molecule has 1 unspecified atom stereocenters. The summed E-state index contributed by atoms with van der Waals surface area (Å²) in [5.74, 6) is 5.47. The molecule has 8 rings (SSSR count). The van der Waals surface area contributed by atoms with Gasteiger partial charge in [-0.25, -0.2) is 4.79 Å². The number of aromatic nitrogens is 4. The molecule has 272 valence electrons. The first-order valence-electron chi connectivity index (χ1n) is 17.8. The van der Waals surface area contributed by atoms with Gasteiger partial charge in [0.25, 0.3) is 5.91 Å². The highest BCUT2D eigenvalue weighted by atomic mass is 16.5. The summed E-state index contributed by atoms with van der Waals surface area (Å²) in [6.07, 6.45) is 5.65. The number of benzene rings is 2. The average Bonchev–Trinajstić information content (AvgIpc) is 3.69. The van der Waals surface area contributed by atoms with E-state index < -0.39 is 5.92 Å². The Morgan fingerprint density at radius 2 is 1.89 bits per heavy atom. The number of imidazole rings is 1. The van der Waals surface area contributed by atoms with Crippen molar-refractivity contribution in [2.45, 2.75) is 38.5 Å². The molecule has 6 aromatic rings. The van der Waals surface area contributed by atoms with Crippen molar-refractivity contribution in [1.29, 1.82) is 0 Å². The molecular weight excluding hydrogens is 686 g/mol. The smallest absolute Gasteiger partial charge is 0.328 e. The van der Waals surface area contributed by atoms with E-state index >= 15 is 0 Å². The van der Waals surface area contributed by atoms with Crippen LogP contribution in [0.3, 0.4) is 0 Å². The van der Waals surface area contributed by atoms with E-state index in [2.05, 4.69) is 52.3 Å². The van der Waals surface area contributed by atoms with Crippen molar-refractivity contribution in [2.75, 3.05) is 24.6 Å². The van der Waals surface area contributed by atoms with Crippen molar-refractivity contribution in [1.82, 2.24) is 29.7 Å². The normalized spacial score (nSPS) is 15.5. The predicted octanol–water partition coefficient (Wildman–Crippen LogP) is 5.04. The SMILES string of the molecule is CC(C)c1cc(N2CCOc3cc(-c4ccc(C(=O)NCC#Cc5ccc6occ(C7CCC(=O)NC7=O)c6c5)nc4)ncc32)cc2c1n(C)c(=O)n2C. The molecule has 0 spiro atoms. The van der Waals surface area contributed by atoms with E-state index in [-0.39, 0.29) is 48.0 Å². The van der Waals surface area contributed by atoms with Crippen LogP contribution in [0.15, 0.2) is 76.4 Å². The van der Waals surface area contributed by atoms with Crippen molar-refractivity contribution >= 4 is 51.1 Å². The van der Waals surface area contributed by atoms with Gasteiger partial charge in [-0.05, 0) is 60.4 Å². The van der Waals surface area contributed by atoms with Gasteiger partial charge in [-0.15, -0.1) is 0 Å². The lowest BCUT2D eigenvalue weighted by Gasteiger charge is -2.32. The van der Waals surface area contributed by atoms with Gasteiger partial charge in [0, 0.05) is 60.5 Å². The lowest BCUT2D eigenvalue weighted by molar-refractivity contribution is -0.134. The molecule has 2 aliphatic heterocycles.